The summed E-state index contributed by atoms with van der Waals surface area (Å²) in [6.07, 6.45) is 2.98. The summed E-state index contributed by atoms with van der Waals surface area (Å²) < 4.78 is 15.3. The van der Waals surface area contributed by atoms with Crippen molar-refractivity contribution in [1.82, 2.24) is 20.4 Å². The molecule has 1 atom stereocenters. The number of nitrogens with zero attached hydrogens (tertiary/aromatic N) is 3. The summed E-state index contributed by atoms with van der Waals surface area (Å²) in [6.45, 7) is 2.03. The molecule has 2 aromatic heterocycles. The molecule has 0 bridgehead atoms. The maximum absolute atomic E-state index is 12.4. The van der Waals surface area contributed by atoms with Gasteiger partial charge in [0.15, 0.2) is 6.39 Å². The molecule has 1 amide bonds. The van der Waals surface area contributed by atoms with Gasteiger partial charge in [0, 0.05) is 12.7 Å². The minimum absolute atomic E-state index is 0.0506. The second-order valence-corrected chi connectivity index (χ2v) is 6.19. The van der Waals surface area contributed by atoms with Crippen LogP contribution in [-0.2, 0) is 17.8 Å². The number of amides is 1. The molecule has 1 N–H and O–H groups in total. The van der Waals surface area contributed by atoms with Gasteiger partial charge in [0.1, 0.15) is 6.61 Å². The predicted octanol–water partition coefficient (Wildman–Crippen LogP) is 2.60. The quantitative estimate of drug-likeness (QED) is 0.751. The number of rotatable bonds is 5. The highest BCUT2D eigenvalue weighted by atomic mass is 16.5. The highest BCUT2D eigenvalue weighted by Crippen LogP contribution is 2.34. The second-order valence-electron chi connectivity index (χ2n) is 6.19. The zero-order chi connectivity index (χ0) is 18.1. The molecule has 0 saturated carbocycles. The summed E-state index contributed by atoms with van der Waals surface area (Å²) in [7, 11) is 1.58. The van der Waals surface area contributed by atoms with Crippen LogP contribution in [0.2, 0.25) is 0 Å². The average Bonchev–Trinajstić information content (AvgIpc) is 3.35. The fourth-order valence-electron chi connectivity index (χ4n) is 3.20. The van der Waals surface area contributed by atoms with Crippen molar-refractivity contribution in [2.75, 3.05) is 7.11 Å². The normalized spacial score (nSPS) is 15.8. The second kappa shape index (κ2) is 6.72. The largest absolute Gasteiger partial charge is 0.438 e. The summed E-state index contributed by atoms with van der Waals surface area (Å²) in [5, 5.41) is 7.01. The number of aromatic nitrogens is 3. The Morgan fingerprint density at radius 1 is 1.42 bits per heavy atom. The van der Waals surface area contributed by atoms with E-state index in [-0.39, 0.29) is 24.3 Å². The van der Waals surface area contributed by atoms with Crippen molar-refractivity contribution < 1.29 is 18.5 Å². The van der Waals surface area contributed by atoms with Gasteiger partial charge in [-0.05, 0) is 37.0 Å². The van der Waals surface area contributed by atoms with E-state index in [1.165, 1.54) is 12.0 Å². The van der Waals surface area contributed by atoms with E-state index >= 15 is 0 Å². The Hall–Kier alpha value is -3.00. The van der Waals surface area contributed by atoms with Crippen LogP contribution < -0.4 is 5.32 Å². The first kappa shape index (κ1) is 16.5. The van der Waals surface area contributed by atoms with Crippen LogP contribution in [0.5, 0.6) is 0 Å². The Bertz CT molecular complexity index is 946. The summed E-state index contributed by atoms with van der Waals surface area (Å²) >= 11 is 0. The van der Waals surface area contributed by atoms with Gasteiger partial charge in [-0.3, -0.25) is 4.79 Å². The lowest BCUT2D eigenvalue weighted by atomic mass is 10.0. The number of methoxy groups -OCH3 is 1. The lowest BCUT2D eigenvalue weighted by molar-refractivity contribution is 0.0908. The van der Waals surface area contributed by atoms with Crippen LogP contribution in [0.25, 0.3) is 11.4 Å². The van der Waals surface area contributed by atoms with Gasteiger partial charge in [-0.2, -0.15) is 4.98 Å². The molecule has 134 valence electrons. The molecule has 0 radical (unpaired) electrons. The number of carbonyl (C=O) groups excluding carboxylic acids is 1. The number of ether oxygens (including phenoxy) is 1. The van der Waals surface area contributed by atoms with Crippen LogP contribution in [0.4, 0.5) is 0 Å². The Balaban J connectivity index is 1.52. The van der Waals surface area contributed by atoms with E-state index in [4.69, 9.17) is 13.7 Å². The molecule has 8 heteroatoms. The van der Waals surface area contributed by atoms with Crippen LogP contribution in [0.15, 0.2) is 33.5 Å². The van der Waals surface area contributed by atoms with Gasteiger partial charge in [0.25, 0.3) is 11.8 Å². The van der Waals surface area contributed by atoms with E-state index < -0.39 is 0 Å². The first-order chi connectivity index (χ1) is 12.7. The van der Waals surface area contributed by atoms with E-state index in [1.807, 2.05) is 18.2 Å². The highest BCUT2D eigenvalue weighted by molar-refractivity contribution is 5.92. The van der Waals surface area contributed by atoms with Gasteiger partial charge < -0.3 is 19.0 Å². The van der Waals surface area contributed by atoms with E-state index in [0.717, 1.165) is 24.0 Å². The lowest BCUT2D eigenvalue weighted by Crippen LogP contribution is -2.27. The Kier molecular flexibility index (Phi) is 4.26. The van der Waals surface area contributed by atoms with Crippen LogP contribution >= 0.6 is 0 Å². The Morgan fingerprint density at radius 3 is 3.08 bits per heavy atom. The molecule has 2 heterocycles. The smallest absolute Gasteiger partial charge is 0.289 e. The standard InChI is InChI=1S/C18H18N4O4/c1-10-16(25-9-19-10)18(23)20-14-6-4-11-7-12(3-5-13(11)14)17-21-15(8-24-2)26-22-17/h3,5,7,9,14H,4,6,8H2,1-2H3,(H,20,23)/t14-/m1/s1. The number of carbonyl (C=O) groups is 1. The number of hydrogen-bond donors (Lipinski definition) is 1. The molecule has 1 aliphatic rings. The number of fused-ring (bicyclic) bond motifs is 1. The maximum Gasteiger partial charge on any atom is 0.289 e. The van der Waals surface area contributed by atoms with Crippen molar-refractivity contribution >= 4 is 5.91 Å². The fraction of sp³-hybridized carbons (Fsp3) is 0.333. The van der Waals surface area contributed by atoms with E-state index in [0.29, 0.717) is 17.4 Å². The SMILES string of the molecule is COCc1nc(-c2ccc3c(c2)CC[C@H]3NC(=O)c2ocnc2C)no1. The van der Waals surface area contributed by atoms with Crippen LogP contribution in [-0.4, -0.2) is 28.1 Å². The molecule has 1 aliphatic carbocycles. The Labute approximate surface area is 149 Å². The molecular formula is C18H18N4O4. The first-order valence-electron chi connectivity index (χ1n) is 8.31. The van der Waals surface area contributed by atoms with Gasteiger partial charge >= 0.3 is 0 Å². The van der Waals surface area contributed by atoms with Gasteiger partial charge in [0.05, 0.1) is 11.7 Å². The minimum atomic E-state index is -0.246. The zero-order valence-electron chi connectivity index (χ0n) is 14.5. The first-order valence-corrected chi connectivity index (χ1v) is 8.31. The van der Waals surface area contributed by atoms with Crippen molar-refractivity contribution in [2.24, 2.45) is 0 Å². The summed E-state index contributed by atoms with van der Waals surface area (Å²) in [5.41, 5.74) is 3.73. The van der Waals surface area contributed by atoms with Crippen molar-refractivity contribution in [2.45, 2.75) is 32.4 Å². The molecule has 4 rings (SSSR count). The molecule has 0 unspecified atom stereocenters. The highest BCUT2D eigenvalue weighted by Gasteiger charge is 2.26. The van der Waals surface area contributed by atoms with Crippen LogP contribution in [0, 0.1) is 6.92 Å². The fourth-order valence-corrected chi connectivity index (χ4v) is 3.20. The van der Waals surface area contributed by atoms with E-state index in [9.17, 15) is 4.79 Å². The number of oxazole rings is 1. The van der Waals surface area contributed by atoms with Gasteiger partial charge in [0.2, 0.25) is 11.6 Å². The zero-order valence-corrected chi connectivity index (χ0v) is 14.5. The van der Waals surface area contributed by atoms with Gasteiger partial charge in [-0.15, -0.1) is 0 Å². The Morgan fingerprint density at radius 2 is 2.31 bits per heavy atom. The molecule has 0 aliphatic heterocycles. The van der Waals surface area contributed by atoms with Crippen LogP contribution in [0.1, 0.15) is 45.7 Å². The third kappa shape index (κ3) is 2.99. The van der Waals surface area contributed by atoms with Gasteiger partial charge in [-0.25, -0.2) is 4.98 Å². The number of aryl methyl sites for hydroxylation is 2. The number of hydrogen-bond acceptors (Lipinski definition) is 7. The molecule has 8 nitrogen and oxygen atoms in total. The molecular weight excluding hydrogens is 336 g/mol. The molecule has 0 spiro atoms. The maximum atomic E-state index is 12.4. The molecule has 1 aromatic carbocycles. The number of benzene rings is 1. The van der Waals surface area contributed by atoms with Crippen molar-refractivity contribution in [3.63, 3.8) is 0 Å². The third-order valence-electron chi connectivity index (χ3n) is 4.47. The molecule has 3 aromatic rings. The molecule has 0 fully saturated rings. The minimum Gasteiger partial charge on any atom is -0.438 e. The predicted molar refractivity (Wildman–Crippen MR) is 90.2 cm³/mol. The third-order valence-corrected chi connectivity index (χ3v) is 4.47. The van der Waals surface area contributed by atoms with Crippen molar-refractivity contribution in [3.05, 3.63) is 53.1 Å². The summed E-state index contributed by atoms with van der Waals surface area (Å²) in [6, 6.07) is 5.93. The van der Waals surface area contributed by atoms with E-state index in [1.54, 1.807) is 14.0 Å². The molecule has 26 heavy (non-hydrogen) atoms. The number of nitrogens with one attached hydrogen (secondary N) is 1. The molecule has 0 saturated heterocycles. The average molecular weight is 354 g/mol. The lowest BCUT2D eigenvalue weighted by Gasteiger charge is -2.13. The monoisotopic (exact) mass is 354 g/mol. The van der Waals surface area contributed by atoms with Gasteiger partial charge in [-0.1, -0.05) is 17.3 Å². The van der Waals surface area contributed by atoms with Crippen molar-refractivity contribution in [1.29, 1.82) is 0 Å². The van der Waals surface area contributed by atoms with E-state index in [2.05, 4.69) is 20.4 Å². The van der Waals surface area contributed by atoms with Crippen molar-refractivity contribution in [3.8, 4) is 11.4 Å². The summed E-state index contributed by atoms with van der Waals surface area (Å²) in [5.74, 6) is 0.983. The van der Waals surface area contributed by atoms with Crippen LogP contribution in [0.3, 0.4) is 0 Å². The topological polar surface area (TPSA) is 103 Å². The summed E-state index contributed by atoms with van der Waals surface area (Å²) in [4.78, 5) is 20.6.